The van der Waals surface area contributed by atoms with Gasteiger partial charge >= 0.3 is 0 Å². The third kappa shape index (κ3) is 4.35. The molecule has 0 unspecified atom stereocenters. The van der Waals surface area contributed by atoms with Crippen LogP contribution in [0.25, 0.3) is 0 Å². The summed E-state index contributed by atoms with van der Waals surface area (Å²) in [6.07, 6.45) is 1.75. The molecule has 1 saturated heterocycles. The van der Waals surface area contributed by atoms with Crippen molar-refractivity contribution < 1.29 is 19.0 Å². The van der Waals surface area contributed by atoms with E-state index < -0.39 is 5.41 Å². The zero-order chi connectivity index (χ0) is 21.1. The zero-order valence-electron chi connectivity index (χ0n) is 16.3. The number of carbonyl (C=O) groups is 1. The van der Waals surface area contributed by atoms with Crippen LogP contribution in [0.5, 0.6) is 11.5 Å². The molecule has 0 bridgehead atoms. The summed E-state index contributed by atoms with van der Waals surface area (Å²) in [6, 6.07) is 9.05. The summed E-state index contributed by atoms with van der Waals surface area (Å²) in [5.41, 5.74) is 1.02. The van der Waals surface area contributed by atoms with E-state index in [9.17, 15) is 4.79 Å². The van der Waals surface area contributed by atoms with Gasteiger partial charge in [-0.15, -0.1) is 0 Å². The van der Waals surface area contributed by atoms with Crippen LogP contribution in [0.3, 0.4) is 0 Å². The van der Waals surface area contributed by atoms with Crippen LogP contribution >= 0.6 is 34.8 Å². The van der Waals surface area contributed by atoms with Gasteiger partial charge in [-0.3, -0.25) is 4.79 Å². The van der Waals surface area contributed by atoms with Crippen molar-refractivity contribution in [2.75, 3.05) is 33.0 Å². The zero-order valence-corrected chi connectivity index (χ0v) is 18.6. The highest BCUT2D eigenvalue weighted by molar-refractivity contribution is 6.35. The first-order chi connectivity index (χ1) is 14.5. The van der Waals surface area contributed by atoms with Gasteiger partial charge < -0.3 is 19.5 Å². The van der Waals surface area contributed by atoms with E-state index in [4.69, 9.17) is 49.0 Å². The fraction of sp³-hybridized carbons (Fsp3) is 0.409. The maximum Gasteiger partial charge on any atom is 0.230 e. The Morgan fingerprint density at radius 1 is 0.967 bits per heavy atom. The molecule has 2 aromatic carbocycles. The molecule has 30 heavy (non-hydrogen) atoms. The van der Waals surface area contributed by atoms with Crippen LogP contribution in [0.1, 0.15) is 24.0 Å². The highest BCUT2D eigenvalue weighted by atomic mass is 35.5. The van der Waals surface area contributed by atoms with Crippen molar-refractivity contribution in [2.45, 2.75) is 24.7 Å². The summed E-state index contributed by atoms with van der Waals surface area (Å²) in [6.45, 7) is 2.45. The summed E-state index contributed by atoms with van der Waals surface area (Å²) < 4.78 is 16.7. The van der Waals surface area contributed by atoms with E-state index in [0.29, 0.717) is 78.8 Å². The molecule has 0 atom stereocenters. The first kappa shape index (κ1) is 21.6. The SMILES string of the molecule is O=C(NCCc1cc(Cl)c2c(c1)OCCO2)C1(c2ccc(Cl)cc2Cl)CCOCC1. The van der Waals surface area contributed by atoms with E-state index in [1.807, 2.05) is 18.2 Å². The van der Waals surface area contributed by atoms with Gasteiger partial charge in [0, 0.05) is 29.8 Å². The molecular formula is C22H22Cl3NO4. The maximum absolute atomic E-state index is 13.3. The first-order valence-corrected chi connectivity index (χ1v) is 11.0. The Morgan fingerprint density at radius 2 is 1.73 bits per heavy atom. The van der Waals surface area contributed by atoms with E-state index >= 15 is 0 Å². The summed E-state index contributed by atoms with van der Waals surface area (Å²) in [4.78, 5) is 13.3. The molecule has 0 saturated carbocycles. The van der Waals surface area contributed by atoms with Gasteiger partial charge in [0.1, 0.15) is 13.2 Å². The van der Waals surface area contributed by atoms with E-state index in [1.54, 1.807) is 12.1 Å². The molecule has 5 nitrogen and oxygen atoms in total. The average Bonchev–Trinajstić information content (AvgIpc) is 2.74. The molecule has 4 rings (SSSR count). The minimum atomic E-state index is -0.732. The van der Waals surface area contributed by atoms with Crippen LogP contribution < -0.4 is 14.8 Å². The topological polar surface area (TPSA) is 56.8 Å². The van der Waals surface area contributed by atoms with Crippen molar-refractivity contribution in [1.82, 2.24) is 5.32 Å². The predicted molar refractivity (Wildman–Crippen MR) is 117 cm³/mol. The maximum atomic E-state index is 13.3. The third-order valence-electron chi connectivity index (χ3n) is 5.58. The van der Waals surface area contributed by atoms with E-state index in [-0.39, 0.29) is 5.91 Å². The second-order valence-corrected chi connectivity index (χ2v) is 8.68. The number of fused-ring (bicyclic) bond motifs is 1. The van der Waals surface area contributed by atoms with Crippen molar-refractivity contribution >= 4 is 40.7 Å². The summed E-state index contributed by atoms with van der Waals surface area (Å²) >= 11 is 18.8. The lowest BCUT2D eigenvalue weighted by molar-refractivity contribution is -0.130. The number of nitrogens with one attached hydrogen (secondary N) is 1. The number of carbonyl (C=O) groups excluding carboxylic acids is 1. The molecule has 2 heterocycles. The largest absolute Gasteiger partial charge is 0.486 e. The Morgan fingerprint density at radius 3 is 2.50 bits per heavy atom. The van der Waals surface area contributed by atoms with Crippen LogP contribution in [0.2, 0.25) is 15.1 Å². The van der Waals surface area contributed by atoms with Gasteiger partial charge in [0.25, 0.3) is 0 Å². The molecule has 0 aromatic heterocycles. The highest BCUT2D eigenvalue weighted by Gasteiger charge is 2.42. The van der Waals surface area contributed by atoms with Gasteiger partial charge in [0.15, 0.2) is 11.5 Å². The Hall–Kier alpha value is -1.66. The Kier molecular flexibility index (Phi) is 6.63. The van der Waals surface area contributed by atoms with Crippen molar-refractivity contribution in [1.29, 1.82) is 0 Å². The van der Waals surface area contributed by atoms with Crippen LogP contribution in [0, 0.1) is 0 Å². The highest BCUT2D eigenvalue weighted by Crippen LogP contribution is 2.40. The minimum Gasteiger partial charge on any atom is -0.486 e. The van der Waals surface area contributed by atoms with E-state index in [0.717, 1.165) is 11.1 Å². The monoisotopic (exact) mass is 469 g/mol. The molecule has 160 valence electrons. The fourth-order valence-corrected chi connectivity index (χ4v) is 4.89. The van der Waals surface area contributed by atoms with Gasteiger partial charge in [-0.05, 0) is 54.7 Å². The Labute approximate surface area is 190 Å². The summed E-state index contributed by atoms with van der Waals surface area (Å²) in [7, 11) is 0. The Balaban J connectivity index is 1.48. The molecule has 0 aliphatic carbocycles. The van der Waals surface area contributed by atoms with Crippen molar-refractivity contribution in [3.63, 3.8) is 0 Å². The van der Waals surface area contributed by atoms with Gasteiger partial charge in [-0.2, -0.15) is 0 Å². The molecule has 2 aliphatic rings. The van der Waals surface area contributed by atoms with Gasteiger partial charge in [-0.25, -0.2) is 0 Å². The minimum absolute atomic E-state index is 0.0568. The molecule has 1 fully saturated rings. The number of amides is 1. The van der Waals surface area contributed by atoms with Crippen molar-refractivity contribution in [3.8, 4) is 11.5 Å². The van der Waals surface area contributed by atoms with Crippen molar-refractivity contribution in [3.05, 3.63) is 56.5 Å². The van der Waals surface area contributed by atoms with E-state index in [1.165, 1.54) is 0 Å². The first-order valence-electron chi connectivity index (χ1n) is 9.89. The number of hydrogen-bond donors (Lipinski definition) is 1. The van der Waals surface area contributed by atoms with Gasteiger partial charge in [-0.1, -0.05) is 40.9 Å². The fourth-order valence-electron chi connectivity index (χ4n) is 4.01. The molecule has 1 N–H and O–H groups in total. The standard InChI is InChI=1S/C22H22Cl3NO4/c23-15-1-2-16(17(24)13-15)22(4-7-28-8-5-22)21(27)26-6-3-14-11-18(25)20-19(12-14)29-9-10-30-20/h1-2,11-13H,3-10H2,(H,26,27). The molecule has 8 heteroatoms. The van der Waals surface area contributed by atoms with Crippen LogP contribution in [-0.2, 0) is 21.4 Å². The lowest BCUT2D eigenvalue weighted by Gasteiger charge is -2.37. The molecular weight excluding hydrogens is 449 g/mol. The Bertz CT molecular complexity index is 944. The molecule has 0 spiro atoms. The van der Waals surface area contributed by atoms with Gasteiger partial charge in [0.05, 0.1) is 10.4 Å². The third-order valence-corrected chi connectivity index (χ3v) is 6.41. The number of benzene rings is 2. The normalized spacial score (nSPS) is 17.4. The van der Waals surface area contributed by atoms with Crippen LogP contribution in [0.15, 0.2) is 30.3 Å². The number of hydrogen-bond acceptors (Lipinski definition) is 4. The predicted octanol–water partition coefficient (Wildman–Crippen LogP) is 4.83. The number of halogens is 3. The summed E-state index contributed by atoms with van der Waals surface area (Å²) in [5.74, 6) is 1.16. The molecule has 0 radical (unpaired) electrons. The lowest BCUT2D eigenvalue weighted by Crippen LogP contribution is -2.48. The smallest absolute Gasteiger partial charge is 0.230 e. The molecule has 2 aliphatic heterocycles. The van der Waals surface area contributed by atoms with Crippen LogP contribution in [0.4, 0.5) is 0 Å². The number of rotatable bonds is 5. The number of ether oxygens (including phenoxy) is 3. The molecule has 1 amide bonds. The van der Waals surface area contributed by atoms with Crippen molar-refractivity contribution in [2.24, 2.45) is 0 Å². The summed E-state index contributed by atoms with van der Waals surface area (Å²) in [5, 5.41) is 4.64. The second-order valence-electron chi connectivity index (χ2n) is 7.43. The van der Waals surface area contributed by atoms with Crippen LogP contribution in [-0.4, -0.2) is 38.9 Å². The van der Waals surface area contributed by atoms with E-state index in [2.05, 4.69) is 5.32 Å². The lowest BCUT2D eigenvalue weighted by atomic mass is 9.73. The average molecular weight is 471 g/mol. The quantitative estimate of drug-likeness (QED) is 0.680. The second kappa shape index (κ2) is 9.23. The van der Waals surface area contributed by atoms with Gasteiger partial charge in [0.2, 0.25) is 5.91 Å². The molecule has 2 aromatic rings.